The van der Waals surface area contributed by atoms with Crippen molar-refractivity contribution in [3.8, 4) is 0 Å². The van der Waals surface area contributed by atoms with Gasteiger partial charge in [-0.3, -0.25) is 0 Å². The Bertz CT molecular complexity index is 1610. The molecule has 3 saturated carbocycles. The van der Waals surface area contributed by atoms with Crippen molar-refractivity contribution >= 4 is 0 Å². The van der Waals surface area contributed by atoms with Crippen LogP contribution >= 0.6 is 0 Å². The van der Waals surface area contributed by atoms with E-state index in [0.29, 0.717) is 48.3 Å². The van der Waals surface area contributed by atoms with Crippen molar-refractivity contribution in [1.82, 2.24) is 0 Å². The first-order valence-corrected chi connectivity index (χ1v) is 23.4. The SMILES string of the molecule is C[C@@H]1CC[C@@]2(OC1)O[C@H]1C[C@H]3[C@@H]4CC=C5C[C@@H](O[C@@H]6O[C@H](CO)[C@@H](O)[C@H](O[C@@H]7O[C@@H](C)[C@H](O)[C@@H](O)[C@H]7O)[C@H]6O[C@@H]6O[C@H](CO)[C@@H](O)[C@H](O)[C@H]6O)CC[C@]5(C)[C@@H]4CC[C@]3(C)[C@H]1[C@@H]2C. The molecule has 17 nitrogen and oxygen atoms in total. The quantitative estimate of drug-likeness (QED) is 0.148. The molecule has 9 N–H and O–H groups in total. The van der Waals surface area contributed by atoms with Gasteiger partial charge < -0.3 is 83.9 Å². The van der Waals surface area contributed by atoms with Gasteiger partial charge in [0.1, 0.15) is 67.1 Å². The van der Waals surface area contributed by atoms with Gasteiger partial charge in [0, 0.05) is 12.3 Å². The highest BCUT2D eigenvalue weighted by Crippen LogP contribution is 2.70. The summed E-state index contributed by atoms with van der Waals surface area (Å²) in [7, 11) is 0. The van der Waals surface area contributed by atoms with Crippen molar-refractivity contribution in [2.45, 2.75) is 203 Å². The molecule has 17 heteroatoms. The highest BCUT2D eigenvalue weighted by atomic mass is 16.8. The Hall–Kier alpha value is -0.940. The van der Waals surface area contributed by atoms with E-state index in [0.717, 1.165) is 51.6 Å². The molecule has 1 spiro atoms. The van der Waals surface area contributed by atoms with Crippen LogP contribution in [0.15, 0.2) is 11.6 Å². The van der Waals surface area contributed by atoms with Gasteiger partial charge in [0.25, 0.3) is 0 Å². The van der Waals surface area contributed by atoms with Crippen molar-refractivity contribution in [3.05, 3.63) is 11.6 Å². The maximum absolute atomic E-state index is 11.6. The minimum Gasteiger partial charge on any atom is -0.394 e. The standard InChI is InChI=1S/C45H72O17/c1-19-8-13-45(55-18-19)20(2)30-27(62-45)15-26-24-7-6-22-14-23(9-11-43(22,4)25(24)10-12-44(26,30)5)57-42-39(61-41-37(54)35(52)32(49)28(16-46)58-41)38(33(50)29(17-47)59-42)60-40-36(53)34(51)31(48)21(3)56-40/h6,19-21,23-42,46-54H,7-18H2,1-5H3/t19-,20+,21+,23+,24-,25-,26+,27+,28-,29-,30+,31+,32-,33-,34-,35+,36-,37-,38+,39-,40+,41+,42-,43+,44+,45-/m1/s1. The van der Waals surface area contributed by atoms with Gasteiger partial charge in [-0.2, -0.15) is 0 Å². The van der Waals surface area contributed by atoms with Crippen LogP contribution in [0.25, 0.3) is 0 Å². The highest BCUT2D eigenvalue weighted by Gasteiger charge is 2.69. The van der Waals surface area contributed by atoms with E-state index in [1.807, 2.05) is 0 Å². The molecule has 0 radical (unpaired) electrons. The van der Waals surface area contributed by atoms with Crippen molar-refractivity contribution in [2.24, 2.45) is 46.3 Å². The lowest BCUT2D eigenvalue weighted by Gasteiger charge is -2.59. The molecule has 354 valence electrons. The normalized spacial score (nSPS) is 57.6. The number of ether oxygens (including phenoxy) is 8. The van der Waals surface area contributed by atoms with E-state index in [9.17, 15) is 46.0 Å². The van der Waals surface area contributed by atoms with Crippen LogP contribution in [0.3, 0.4) is 0 Å². The van der Waals surface area contributed by atoms with E-state index in [4.69, 9.17) is 37.9 Å². The van der Waals surface area contributed by atoms with Gasteiger partial charge >= 0.3 is 0 Å². The minimum absolute atomic E-state index is 0.0518. The van der Waals surface area contributed by atoms with Crippen LogP contribution in [0.1, 0.15) is 92.4 Å². The summed E-state index contributed by atoms with van der Waals surface area (Å²) in [5.74, 6) is 2.51. The summed E-state index contributed by atoms with van der Waals surface area (Å²) in [6.45, 7) is 10.4. The largest absolute Gasteiger partial charge is 0.394 e. The Morgan fingerprint density at radius 1 is 0.677 bits per heavy atom. The Balaban J connectivity index is 0.941. The molecule has 0 bridgehead atoms. The molecule has 0 aromatic heterocycles. The Labute approximate surface area is 363 Å². The van der Waals surface area contributed by atoms with Crippen molar-refractivity contribution in [1.29, 1.82) is 0 Å². The zero-order valence-electron chi connectivity index (χ0n) is 36.6. The molecule has 9 aliphatic rings. The third-order valence-electron chi connectivity index (χ3n) is 17.7. The van der Waals surface area contributed by atoms with Gasteiger partial charge in [0.15, 0.2) is 24.7 Å². The predicted octanol–water partition coefficient (Wildman–Crippen LogP) is 0.214. The number of rotatable bonds is 8. The summed E-state index contributed by atoms with van der Waals surface area (Å²) in [5, 5.41) is 95.8. The third-order valence-corrected chi connectivity index (χ3v) is 17.7. The molecular weight excluding hydrogens is 812 g/mol. The average Bonchev–Trinajstić information content (AvgIpc) is 3.70. The van der Waals surface area contributed by atoms with Crippen LogP contribution in [0, 0.1) is 46.3 Å². The molecule has 0 amide bonds. The molecule has 8 fully saturated rings. The Kier molecular flexibility index (Phi) is 12.9. The van der Waals surface area contributed by atoms with Crippen LogP contribution in [-0.2, 0) is 37.9 Å². The monoisotopic (exact) mass is 884 g/mol. The van der Waals surface area contributed by atoms with Crippen LogP contribution in [0.2, 0.25) is 0 Å². The second-order valence-electron chi connectivity index (χ2n) is 21.1. The highest BCUT2D eigenvalue weighted by molar-refractivity contribution is 5.26. The van der Waals surface area contributed by atoms with Crippen LogP contribution in [0.4, 0.5) is 0 Å². The summed E-state index contributed by atoms with van der Waals surface area (Å²) >= 11 is 0. The smallest absolute Gasteiger partial charge is 0.187 e. The number of hydrogen-bond donors (Lipinski definition) is 9. The first-order chi connectivity index (χ1) is 29.4. The van der Waals surface area contributed by atoms with Crippen molar-refractivity contribution in [2.75, 3.05) is 19.8 Å². The number of aliphatic hydroxyl groups excluding tert-OH is 9. The van der Waals surface area contributed by atoms with E-state index in [2.05, 4.69) is 33.8 Å². The van der Waals surface area contributed by atoms with Gasteiger partial charge in [0.2, 0.25) is 0 Å². The molecule has 0 aromatic carbocycles. The van der Waals surface area contributed by atoms with Gasteiger partial charge in [0.05, 0.1) is 38.1 Å². The number of aliphatic hydroxyl groups is 9. The molecule has 0 unspecified atom stereocenters. The molecule has 26 atom stereocenters. The summed E-state index contributed by atoms with van der Waals surface area (Å²) in [6, 6.07) is 0. The lowest BCUT2D eigenvalue weighted by Crippen LogP contribution is -2.67. The first kappa shape index (κ1) is 46.2. The molecular formula is C45H72O17. The fourth-order valence-corrected chi connectivity index (χ4v) is 14.0. The van der Waals surface area contributed by atoms with Crippen molar-refractivity contribution in [3.63, 3.8) is 0 Å². The molecule has 4 aliphatic carbocycles. The fourth-order valence-electron chi connectivity index (χ4n) is 14.0. The van der Waals surface area contributed by atoms with Gasteiger partial charge in [-0.15, -0.1) is 0 Å². The molecule has 9 rings (SSSR count). The zero-order valence-corrected chi connectivity index (χ0v) is 36.6. The van der Waals surface area contributed by atoms with E-state index in [1.54, 1.807) is 0 Å². The lowest BCUT2D eigenvalue weighted by atomic mass is 9.47. The van der Waals surface area contributed by atoms with E-state index < -0.39 is 117 Å². The average molecular weight is 885 g/mol. The number of allylic oxidation sites excluding steroid dienone is 1. The second-order valence-corrected chi connectivity index (χ2v) is 21.1. The first-order valence-electron chi connectivity index (χ1n) is 23.4. The number of fused-ring (bicyclic) bond motifs is 7. The Morgan fingerprint density at radius 3 is 2.03 bits per heavy atom. The van der Waals surface area contributed by atoms with Crippen LogP contribution < -0.4 is 0 Å². The second kappa shape index (κ2) is 17.3. The topological polar surface area (TPSA) is 256 Å². The van der Waals surface area contributed by atoms with E-state index in [1.165, 1.54) is 12.5 Å². The third kappa shape index (κ3) is 7.49. The molecule has 5 heterocycles. The predicted molar refractivity (Wildman–Crippen MR) is 214 cm³/mol. The maximum Gasteiger partial charge on any atom is 0.187 e. The molecule has 62 heavy (non-hydrogen) atoms. The van der Waals surface area contributed by atoms with E-state index in [-0.39, 0.29) is 16.9 Å². The van der Waals surface area contributed by atoms with Crippen molar-refractivity contribution < 1.29 is 83.9 Å². The minimum atomic E-state index is -1.83. The van der Waals surface area contributed by atoms with Crippen LogP contribution in [-0.4, -0.2) is 176 Å². The zero-order chi connectivity index (χ0) is 44.2. The van der Waals surface area contributed by atoms with Gasteiger partial charge in [-0.05, 0) is 98.7 Å². The van der Waals surface area contributed by atoms with Gasteiger partial charge in [-0.1, -0.05) is 39.3 Å². The fraction of sp³-hybridized carbons (Fsp3) is 0.956. The molecule has 5 aliphatic heterocycles. The van der Waals surface area contributed by atoms with Crippen LogP contribution in [0.5, 0.6) is 0 Å². The summed E-state index contributed by atoms with van der Waals surface area (Å²) < 4.78 is 50.3. The Morgan fingerprint density at radius 2 is 1.34 bits per heavy atom. The molecule has 5 saturated heterocycles. The summed E-state index contributed by atoms with van der Waals surface area (Å²) in [6.07, 6.45) is -12.4. The summed E-state index contributed by atoms with van der Waals surface area (Å²) in [5.41, 5.74) is 1.45. The molecule has 0 aromatic rings. The lowest BCUT2D eigenvalue weighted by molar-refractivity contribution is -0.394. The maximum atomic E-state index is 11.6. The summed E-state index contributed by atoms with van der Waals surface area (Å²) in [4.78, 5) is 0. The van der Waals surface area contributed by atoms with Gasteiger partial charge in [-0.25, -0.2) is 0 Å². The number of hydrogen-bond acceptors (Lipinski definition) is 17. The van der Waals surface area contributed by atoms with E-state index >= 15 is 0 Å².